The molecule has 0 aliphatic heterocycles. The Kier molecular flexibility index (Phi) is 3.68. The molecule has 0 aliphatic rings. The zero-order valence-corrected chi connectivity index (χ0v) is 9.37. The van der Waals surface area contributed by atoms with Crippen molar-refractivity contribution >= 4 is 19.7 Å². The van der Waals surface area contributed by atoms with Crippen molar-refractivity contribution in [3.63, 3.8) is 0 Å². The van der Waals surface area contributed by atoms with E-state index in [-0.39, 0.29) is 0 Å². The summed E-state index contributed by atoms with van der Waals surface area (Å²) in [6, 6.07) is 1.83. The maximum atomic E-state index is 13.1. The topological polar surface area (TPSA) is 34.1 Å². The zero-order chi connectivity index (χ0) is 13.4. The molecule has 0 heterocycles. The maximum Gasteiger partial charge on any atom is 0.410 e. The molecule has 1 atom stereocenters. The van der Waals surface area contributed by atoms with Gasteiger partial charge in [0.15, 0.2) is 16.9 Å². The molecule has 96 valence electrons. The molecule has 2 nitrogen and oxygen atoms in total. The zero-order valence-electron chi connectivity index (χ0n) is 7.80. The van der Waals surface area contributed by atoms with Crippen molar-refractivity contribution in [3.05, 3.63) is 35.4 Å². The molecule has 0 saturated carbocycles. The van der Waals surface area contributed by atoms with Gasteiger partial charge >= 0.3 is 6.18 Å². The van der Waals surface area contributed by atoms with Gasteiger partial charge < -0.3 is 0 Å². The predicted molar refractivity (Wildman–Crippen MR) is 49.9 cm³/mol. The average molecular weight is 295 g/mol. The Morgan fingerprint density at radius 2 is 1.71 bits per heavy atom. The third-order valence-electron chi connectivity index (χ3n) is 1.84. The summed E-state index contributed by atoms with van der Waals surface area (Å²) >= 11 is 0. The molecule has 0 aliphatic carbocycles. The summed E-state index contributed by atoms with van der Waals surface area (Å²) in [5.74, 6) is -3.48. The van der Waals surface area contributed by atoms with Crippen LogP contribution in [0.25, 0.3) is 0 Å². The van der Waals surface area contributed by atoms with Crippen molar-refractivity contribution in [2.24, 2.45) is 0 Å². The third-order valence-corrected chi connectivity index (χ3v) is 3.46. The molecular formula is C8H4ClF5O2S. The molecule has 17 heavy (non-hydrogen) atoms. The minimum atomic E-state index is -5.34. The SMILES string of the molecule is O=S(=O)(Cl)C(c1cccc(F)c1F)C(F)(F)F. The van der Waals surface area contributed by atoms with Gasteiger partial charge in [-0.2, -0.15) is 13.2 Å². The molecule has 0 fully saturated rings. The van der Waals surface area contributed by atoms with Crippen LogP contribution in [0.3, 0.4) is 0 Å². The first-order valence-corrected chi connectivity index (χ1v) is 6.36. The van der Waals surface area contributed by atoms with Crippen LogP contribution in [0.4, 0.5) is 22.0 Å². The van der Waals surface area contributed by atoms with Crippen LogP contribution in [-0.2, 0) is 9.05 Å². The van der Waals surface area contributed by atoms with E-state index in [0.29, 0.717) is 12.1 Å². The van der Waals surface area contributed by atoms with Crippen LogP contribution in [-0.4, -0.2) is 14.6 Å². The number of halogens is 6. The van der Waals surface area contributed by atoms with Crippen molar-refractivity contribution in [2.45, 2.75) is 11.4 Å². The molecule has 1 aromatic carbocycles. The van der Waals surface area contributed by atoms with E-state index >= 15 is 0 Å². The van der Waals surface area contributed by atoms with Crippen molar-refractivity contribution < 1.29 is 30.4 Å². The lowest BCUT2D eigenvalue weighted by Gasteiger charge is -2.18. The van der Waals surface area contributed by atoms with Gasteiger partial charge in [-0.15, -0.1) is 0 Å². The Balaban J connectivity index is 3.50. The largest absolute Gasteiger partial charge is 0.410 e. The van der Waals surface area contributed by atoms with Crippen LogP contribution in [0.5, 0.6) is 0 Å². The Labute approximate surface area is 97.4 Å². The molecule has 0 aromatic heterocycles. The number of rotatable bonds is 2. The highest BCUT2D eigenvalue weighted by Crippen LogP contribution is 2.42. The molecule has 9 heteroatoms. The first-order chi connectivity index (χ1) is 7.55. The molecule has 0 saturated heterocycles. The molecule has 0 spiro atoms. The summed E-state index contributed by atoms with van der Waals surface area (Å²) in [4.78, 5) is 0. The fraction of sp³-hybridized carbons (Fsp3) is 0.250. The predicted octanol–water partition coefficient (Wildman–Crippen LogP) is 3.14. The van der Waals surface area contributed by atoms with Gasteiger partial charge in [0.25, 0.3) is 0 Å². The highest BCUT2D eigenvalue weighted by atomic mass is 35.7. The minimum Gasteiger partial charge on any atom is -0.211 e. The minimum absolute atomic E-state index is 0.510. The second kappa shape index (κ2) is 4.41. The van der Waals surface area contributed by atoms with Gasteiger partial charge in [0.1, 0.15) is 0 Å². The standard InChI is InChI=1S/C8H4ClF5O2S/c9-17(15,16)7(8(12,13)14)4-2-1-3-5(10)6(4)11/h1-3,7H. The van der Waals surface area contributed by atoms with Crippen molar-refractivity contribution in [3.8, 4) is 0 Å². The fourth-order valence-electron chi connectivity index (χ4n) is 1.21. The Bertz CT molecular complexity index is 525. The third kappa shape index (κ3) is 3.06. The molecule has 0 radical (unpaired) electrons. The van der Waals surface area contributed by atoms with Gasteiger partial charge in [-0.25, -0.2) is 17.2 Å². The van der Waals surface area contributed by atoms with Crippen molar-refractivity contribution in [1.29, 1.82) is 0 Å². The number of hydrogen-bond acceptors (Lipinski definition) is 2. The van der Waals surface area contributed by atoms with E-state index in [1.165, 1.54) is 0 Å². The van der Waals surface area contributed by atoms with Gasteiger partial charge in [0.2, 0.25) is 9.05 Å². The van der Waals surface area contributed by atoms with Gasteiger partial charge in [0, 0.05) is 16.2 Å². The Hall–Kier alpha value is -0.890. The first-order valence-electron chi connectivity index (χ1n) is 3.99. The van der Waals surface area contributed by atoms with Gasteiger partial charge in [-0.3, -0.25) is 0 Å². The van der Waals surface area contributed by atoms with E-state index in [9.17, 15) is 30.4 Å². The molecule has 1 rings (SSSR count). The molecule has 0 N–H and O–H groups in total. The van der Waals surface area contributed by atoms with Crippen LogP contribution in [0.2, 0.25) is 0 Å². The quantitative estimate of drug-likeness (QED) is 0.620. The summed E-state index contributed by atoms with van der Waals surface area (Å²) in [6.07, 6.45) is -5.34. The van der Waals surface area contributed by atoms with E-state index in [1.807, 2.05) is 0 Å². The lowest BCUT2D eigenvalue weighted by Crippen LogP contribution is -2.27. The van der Waals surface area contributed by atoms with Crippen LogP contribution < -0.4 is 0 Å². The van der Waals surface area contributed by atoms with Crippen LogP contribution in [0.1, 0.15) is 10.8 Å². The second-order valence-corrected chi connectivity index (χ2v) is 5.75. The summed E-state index contributed by atoms with van der Waals surface area (Å²) in [5.41, 5.74) is -1.37. The number of benzene rings is 1. The summed E-state index contributed by atoms with van der Waals surface area (Å²) in [7, 11) is -0.569. The highest BCUT2D eigenvalue weighted by molar-refractivity contribution is 8.14. The fourth-order valence-corrected chi connectivity index (χ4v) is 2.61. The second-order valence-electron chi connectivity index (χ2n) is 3.04. The number of alkyl halides is 3. The van der Waals surface area contributed by atoms with E-state index in [2.05, 4.69) is 10.7 Å². The molecule has 1 unspecified atom stereocenters. The maximum absolute atomic E-state index is 13.1. The Morgan fingerprint density at radius 3 is 2.12 bits per heavy atom. The smallest absolute Gasteiger partial charge is 0.211 e. The molecule has 0 amide bonds. The average Bonchev–Trinajstić information content (AvgIpc) is 2.08. The first kappa shape index (κ1) is 14.2. The summed E-state index contributed by atoms with van der Waals surface area (Å²) in [5, 5.41) is -3.30. The van der Waals surface area contributed by atoms with Crippen LogP contribution in [0.15, 0.2) is 18.2 Å². The van der Waals surface area contributed by atoms with E-state index in [1.54, 1.807) is 0 Å². The van der Waals surface area contributed by atoms with Gasteiger partial charge in [0.05, 0.1) is 0 Å². The summed E-state index contributed by atoms with van der Waals surface area (Å²) < 4.78 is 84.8. The Morgan fingerprint density at radius 1 is 1.18 bits per heavy atom. The monoisotopic (exact) mass is 294 g/mol. The van der Waals surface area contributed by atoms with Crippen molar-refractivity contribution in [2.75, 3.05) is 0 Å². The molecular weight excluding hydrogens is 291 g/mol. The molecule has 0 bridgehead atoms. The summed E-state index contributed by atoms with van der Waals surface area (Å²) in [6.45, 7) is 0. The van der Waals surface area contributed by atoms with Crippen LogP contribution in [0, 0.1) is 11.6 Å². The normalized spacial score (nSPS) is 14.7. The van der Waals surface area contributed by atoms with Crippen molar-refractivity contribution in [1.82, 2.24) is 0 Å². The van der Waals surface area contributed by atoms with Gasteiger partial charge in [-0.05, 0) is 6.07 Å². The molecule has 1 aromatic rings. The highest BCUT2D eigenvalue weighted by Gasteiger charge is 2.50. The van der Waals surface area contributed by atoms with Crippen LogP contribution >= 0.6 is 10.7 Å². The van der Waals surface area contributed by atoms with E-state index < -0.39 is 37.7 Å². The van der Waals surface area contributed by atoms with E-state index in [4.69, 9.17) is 0 Å². The van der Waals surface area contributed by atoms with E-state index in [0.717, 1.165) is 6.07 Å². The lowest BCUT2D eigenvalue weighted by molar-refractivity contribution is -0.131. The number of hydrogen-bond donors (Lipinski definition) is 0. The van der Waals surface area contributed by atoms with Gasteiger partial charge in [-0.1, -0.05) is 12.1 Å². The lowest BCUT2D eigenvalue weighted by atomic mass is 10.1.